The van der Waals surface area contributed by atoms with Gasteiger partial charge in [0.25, 0.3) is 0 Å². The van der Waals surface area contributed by atoms with Crippen molar-refractivity contribution in [2.45, 2.75) is 48.7 Å². The number of carbonyl (C=O) groups excluding carboxylic acids is 1. The molecule has 33 heavy (non-hydrogen) atoms. The number of aryl methyl sites for hydroxylation is 1. The van der Waals surface area contributed by atoms with Gasteiger partial charge in [0.15, 0.2) is 5.78 Å². The number of thioether (sulfide) groups is 1. The number of hydrogen-bond acceptors (Lipinski definition) is 3. The van der Waals surface area contributed by atoms with Gasteiger partial charge in [0, 0.05) is 29.3 Å². The quantitative estimate of drug-likeness (QED) is 0.315. The smallest absolute Gasteiger partial charge is 0.163 e. The third-order valence-corrected chi connectivity index (χ3v) is 8.05. The maximum Gasteiger partial charge on any atom is 0.163 e. The summed E-state index contributed by atoms with van der Waals surface area (Å²) in [6, 6.07) is 25.4. The standard InChI is InChI=1S/C29H28N2OS/c1-29(28-30-19-20-31-28,22-11-6-3-7-12-22)33-27-18-17-24-23(13-8-14-26(24)32)25(27)16-15-21-9-4-2-5-10-21/h2-7,9-12,17-20H,8,13-16H2,1H3,(H,30,31)/t29-/m0/s1. The van der Waals surface area contributed by atoms with Crippen LogP contribution >= 0.6 is 11.8 Å². The number of imidazole rings is 1. The van der Waals surface area contributed by atoms with E-state index in [1.165, 1.54) is 27.1 Å². The number of nitrogens with one attached hydrogen (secondary N) is 1. The van der Waals surface area contributed by atoms with Gasteiger partial charge in [-0.05, 0) is 60.9 Å². The zero-order chi connectivity index (χ0) is 22.7. The lowest BCUT2D eigenvalue weighted by Gasteiger charge is -2.30. The van der Waals surface area contributed by atoms with Gasteiger partial charge in [-0.1, -0.05) is 66.7 Å². The number of H-pyrrole nitrogens is 1. The Kier molecular flexibility index (Phi) is 6.19. The Bertz CT molecular complexity index is 1240. The van der Waals surface area contributed by atoms with Gasteiger partial charge in [0.05, 0.1) is 0 Å². The van der Waals surface area contributed by atoms with Gasteiger partial charge in [-0.15, -0.1) is 11.8 Å². The molecule has 0 unspecified atom stereocenters. The van der Waals surface area contributed by atoms with E-state index in [0.29, 0.717) is 6.42 Å². The first-order valence-electron chi connectivity index (χ1n) is 11.6. The number of hydrogen-bond donors (Lipinski definition) is 1. The molecule has 0 saturated carbocycles. The Morgan fingerprint density at radius 1 is 0.939 bits per heavy atom. The lowest BCUT2D eigenvalue weighted by atomic mass is 9.85. The molecule has 3 nitrogen and oxygen atoms in total. The van der Waals surface area contributed by atoms with E-state index >= 15 is 0 Å². The number of benzene rings is 3. The van der Waals surface area contributed by atoms with Crippen LogP contribution in [0.25, 0.3) is 0 Å². The number of nitrogens with zero attached hydrogens (tertiary/aromatic N) is 1. The summed E-state index contributed by atoms with van der Waals surface area (Å²) >= 11 is 1.83. The van der Waals surface area contributed by atoms with Crippen molar-refractivity contribution < 1.29 is 4.79 Å². The molecule has 3 aromatic carbocycles. The minimum Gasteiger partial charge on any atom is -0.347 e. The molecular formula is C29H28N2OS. The van der Waals surface area contributed by atoms with E-state index in [0.717, 1.165) is 37.1 Å². The fourth-order valence-corrected chi connectivity index (χ4v) is 6.20. The fraction of sp³-hybridized carbons (Fsp3) is 0.241. The van der Waals surface area contributed by atoms with E-state index in [1.807, 2.05) is 30.2 Å². The minimum absolute atomic E-state index is 0.283. The Hall–Kier alpha value is -3.11. The highest BCUT2D eigenvalue weighted by Crippen LogP contribution is 2.47. The summed E-state index contributed by atoms with van der Waals surface area (Å²) in [5, 5.41) is 0. The first kappa shape index (κ1) is 21.7. The highest BCUT2D eigenvalue weighted by atomic mass is 32.2. The van der Waals surface area contributed by atoms with Crippen LogP contribution in [0.2, 0.25) is 0 Å². The first-order chi connectivity index (χ1) is 16.1. The minimum atomic E-state index is -0.376. The summed E-state index contributed by atoms with van der Waals surface area (Å²) < 4.78 is -0.376. The van der Waals surface area contributed by atoms with Crippen LogP contribution in [0.3, 0.4) is 0 Å². The fourth-order valence-electron chi connectivity index (χ4n) is 4.81. The lowest BCUT2D eigenvalue weighted by Crippen LogP contribution is -2.22. The number of carbonyl (C=O) groups is 1. The van der Waals surface area contributed by atoms with Crippen LogP contribution < -0.4 is 0 Å². The molecule has 0 bridgehead atoms. The van der Waals surface area contributed by atoms with Gasteiger partial charge in [0.1, 0.15) is 10.6 Å². The van der Waals surface area contributed by atoms with E-state index in [9.17, 15) is 4.79 Å². The molecule has 4 aromatic rings. The number of rotatable bonds is 7. The number of fused-ring (bicyclic) bond motifs is 1. The molecule has 1 aliphatic rings. The molecule has 1 aromatic heterocycles. The van der Waals surface area contributed by atoms with Crippen molar-refractivity contribution in [1.29, 1.82) is 0 Å². The van der Waals surface area contributed by atoms with Crippen LogP contribution in [-0.2, 0) is 24.0 Å². The largest absolute Gasteiger partial charge is 0.347 e. The van der Waals surface area contributed by atoms with Crippen molar-refractivity contribution in [3.63, 3.8) is 0 Å². The van der Waals surface area contributed by atoms with E-state index in [4.69, 9.17) is 0 Å². The van der Waals surface area contributed by atoms with E-state index < -0.39 is 0 Å². The van der Waals surface area contributed by atoms with Crippen LogP contribution in [0.1, 0.15) is 58.2 Å². The van der Waals surface area contributed by atoms with Crippen molar-refractivity contribution >= 4 is 17.5 Å². The van der Waals surface area contributed by atoms with Gasteiger partial charge in [-0.25, -0.2) is 4.98 Å². The predicted molar refractivity (Wildman–Crippen MR) is 135 cm³/mol. The highest BCUT2D eigenvalue weighted by Gasteiger charge is 2.34. The molecule has 0 saturated heterocycles. The Labute approximate surface area is 199 Å². The second-order valence-corrected chi connectivity index (χ2v) is 10.2. The second kappa shape index (κ2) is 9.40. The maximum absolute atomic E-state index is 12.7. The number of aromatic nitrogens is 2. The van der Waals surface area contributed by atoms with Crippen molar-refractivity contribution in [2.24, 2.45) is 0 Å². The normalized spacial score (nSPS) is 15.1. The predicted octanol–water partition coefficient (Wildman–Crippen LogP) is 6.77. The molecule has 0 amide bonds. The van der Waals surface area contributed by atoms with Crippen LogP contribution in [0.4, 0.5) is 0 Å². The van der Waals surface area contributed by atoms with Gasteiger partial charge >= 0.3 is 0 Å². The number of Topliss-reactive ketones (excluding diaryl/α,β-unsaturated/α-hetero) is 1. The molecule has 1 atom stereocenters. The summed E-state index contributed by atoms with van der Waals surface area (Å²) in [4.78, 5) is 21.9. The average Bonchev–Trinajstić information content (AvgIpc) is 3.40. The number of aromatic amines is 1. The summed E-state index contributed by atoms with van der Waals surface area (Å²) in [5.74, 6) is 1.21. The van der Waals surface area contributed by atoms with Crippen molar-refractivity contribution in [2.75, 3.05) is 0 Å². The second-order valence-electron chi connectivity index (χ2n) is 8.77. The van der Waals surface area contributed by atoms with E-state index in [2.05, 4.69) is 83.6 Å². The zero-order valence-electron chi connectivity index (χ0n) is 18.9. The van der Waals surface area contributed by atoms with Gasteiger partial charge < -0.3 is 4.98 Å². The van der Waals surface area contributed by atoms with Gasteiger partial charge in [-0.2, -0.15) is 0 Å². The Morgan fingerprint density at radius 3 is 2.42 bits per heavy atom. The molecule has 1 heterocycles. The third-order valence-electron chi connectivity index (χ3n) is 6.61. The molecule has 0 fully saturated rings. The van der Waals surface area contributed by atoms with E-state index in [-0.39, 0.29) is 10.5 Å². The summed E-state index contributed by atoms with van der Waals surface area (Å²) in [5.41, 5.74) is 6.02. The van der Waals surface area contributed by atoms with Crippen LogP contribution in [0.5, 0.6) is 0 Å². The van der Waals surface area contributed by atoms with Crippen molar-refractivity contribution in [1.82, 2.24) is 9.97 Å². The number of ketones is 1. The highest BCUT2D eigenvalue weighted by molar-refractivity contribution is 8.00. The van der Waals surface area contributed by atoms with Crippen molar-refractivity contribution in [3.8, 4) is 0 Å². The molecular weight excluding hydrogens is 424 g/mol. The van der Waals surface area contributed by atoms with Gasteiger partial charge in [-0.3, -0.25) is 4.79 Å². The van der Waals surface area contributed by atoms with E-state index in [1.54, 1.807) is 0 Å². The van der Waals surface area contributed by atoms with Crippen LogP contribution in [0, 0.1) is 0 Å². The summed E-state index contributed by atoms with van der Waals surface area (Å²) in [7, 11) is 0. The topological polar surface area (TPSA) is 45.8 Å². The maximum atomic E-state index is 12.7. The van der Waals surface area contributed by atoms with Crippen LogP contribution in [-0.4, -0.2) is 15.8 Å². The Balaban J connectivity index is 1.58. The monoisotopic (exact) mass is 452 g/mol. The molecule has 5 rings (SSSR count). The lowest BCUT2D eigenvalue weighted by molar-refractivity contribution is 0.0972. The van der Waals surface area contributed by atoms with Crippen molar-refractivity contribution in [3.05, 3.63) is 119 Å². The average molecular weight is 453 g/mol. The molecule has 0 radical (unpaired) electrons. The molecule has 1 N–H and O–H groups in total. The third kappa shape index (κ3) is 4.40. The zero-order valence-corrected chi connectivity index (χ0v) is 19.7. The molecule has 0 aliphatic heterocycles. The Morgan fingerprint density at radius 2 is 1.70 bits per heavy atom. The molecule has 166 valence electrons. The first-order valence-corrected chi connectivity index (χ1v) is 12.4. The van der Waals surface area contributed by atoms with Gasteiger partial charge in [0.2, 0.25) is 0 Å². The molecule has 4 heteroatoms. The van der Waals surface area contributed by atoms with Crippen LogP contribution in [0.15, 0.2) is 90.1 Å². The summed E-state index contributed by atoms with van der Waals surface area (Å²) in [6.07, 6.45) is 8.16. The molecule has 0 spiro atoms. The SMILES string of the molecule is C[C@](Sc1ccc2c(c1CCc1ccccc1)CCCC2=O)(c1ccccc1)c1ncc[nH]1. The summed E-state index contributed by atoms with van der Waals surface area (Å²) in [6.45, 7) is 2.23. The molecule has 1 aliphatic carbocycles.